The molecule has 0 fully saturated rings. The molecule has 1 aromatic heterocycles. The zero-order valence-electron chi connectivity index (χ0n) is 8.03. The van der Waals surface area contributed by atoms with Crippen LogP contribution in [0.3, 0.4) is 0 Å². The lowest BCUT2D eigenvalue weighted by Gasteiger charge is -2.15. The molecule has 0 saturated heterocycles. The van der Waals surface area contributed by atoms with Crippen molar-refractivity contribution in [3.63, 3.8) is 0 Å². The minimum absolute atomic E-state index is 0.506. The van der Waals surface area contributed by atoms with Crippen molar-refractivity contribution in [2.75, 3.05) is 18.5 Å². The predicted molar refractivity (Wildman–Crippen MR) is 53.3 cm³/mol. The highest BCUT2D eigenvalue weighted by Crippen LogP contribution is 2.13. The molecule has 0 atom stereocenters. The van der Waals surface area contributed by atoms with Crippen molar-refractivity contribution in [3.05, 3.63) is 18.1 Å². The number of ether oxygens (including phenoxy) is 1. The van der Waals surface area contributed by atoms with Gasteiger partial charge in [0.25, 0.3) is 0 Å². The first kappa shape index (κ1) is 9.08. The highest BCUT2D eigenvalue weighted by molar-refractivity contribution is 5.97. The standard InChI is InChI=1S/C9H12N4O/c1-2-14-6-8-12-5-7-9(13-8)11-4-3-10-7/h3-4H,2,5-6H2,1H3,(H,11,12,13). The highest BCUT2D eigenvalue weighted by Gasteiger charge is 2.12. The zero-order chi connectivity index (χ0) is 9.80. The molecule has 5 nitrogen and oxygen atoms in total. The van der Waals surface area contributed by atoms with Crippen molar-refractivity contribution in [2.24, 2.45) is 4.99 Å². The normalized spacial score (nSPS) is 14.2. The topological polar surface area (TPSA) is 59.4 Å². The lowest BCUT2D eigenvalue weighted by Crippen LogP contribution is -2.24. The van der Waals surface area contributed by atoms with E-state index in [4.69, 9.17) is 4.74 Å². The molecule has 0 aromatic carbocycles. The van der Waals surface area contributed by atoms with Crippen LogP contribution in [0.25, 0.3) is 0 Å². The molecule has 2 heterocycles. The van der Waals surface area contributed by atoms with Gasteiger partial charge < -0.3 is 10.1 Å². The van der Waals surface area contributed by atoms with Gasteiger partial charge in [-0.25, -0.2) is 4.98 Å². The summed E-state index contributed by atoms with van der Waals surface area (Å²) in [5.74, 6) is 1.61. The second-order valence-electron chi connectivity index (χ2n) is 2.88. The van der Waals surface area contributed by atoms with E-state index in [1.165, 1.54) is 0 Å². The van der Waals surface area contributed by atoms with Crippen LogP contribution in [0.1, 0.15) is 12.6 Å². The molecule has 1 aliphatic rings. The molecule has 0 spiro atoms. The van der Waals surface area contributed by atoms with Gasteiger partial charge >= 0.3 is 0 Å². The van der Waals surface area contributed by atoms with Crippen molar-refractivity contribution in [1.82, 2.24) is 9.97 Å². The molecule has 0 radical (unpaired) electrons. The first-order chi connectivity index (χ1) is 6.90. The average molecular weight is 192 g/mol. The molecule has 74 valence electrons. The Morgan fingerprint density at radius 3 is 3.14 bits per heavy atom. The molecular formula is C9H12N4O. The number of rotatable bonds is 3. The van der Waals surface area contributed by atoms with E-state index in [-0.39, 0.29) is 0 Å². The van der Waals surface area contributed by atoms with Gasteiger partial charge in [-0.2, -0.15) is 0 Å². The molecule has 0 aliphatic carbocycles. The Balaban J connectivity index is 2.05. The lowest BCUT2D eigenvalue weighted by atomic mass is 10.3. The van der Waals surface area contributed by atoms with Crippen LogP contribution in [0.5, 0.6) is 0 Å². The molecule has 0 saturated carbocycles. The first-order valence-corrected chi connectivity index (χ1v) is 4.58. The van der Waals surface area contributed by atoms with E-state index in [9.17, 15) is 0 Å². The minimum Gasteiger partial charge on any atom is -0.374 e. The van der Waals surface area contributed by atoms with Gasteiger partial charge in [0, 0.05) is 19.0 Å². The van der Waals surface area contributed by atoms with E-state index in [2.05, 4.69) is 20.3 Å². The lowest BCUT2D eigenvalue weighted by molar-refractivity contribution is 0.187. The van der Waals surface area contributed by atoms with Gasteiger partial charge in [0.15, 0.2) is 5.82 Å². The Kier molecular flexibility index (Phi) is 2.69. The maximum Gasteiger partial charge on any atom is 0.155 e. The van der Waals surface area contributed by atoms with Crippen molar-refractivity contribution < 1.29 is 4.74 Å². The molecule has 2 rings (SSSR count). The van der Waals surface area contributed by atoms with Crippen molar-refractivity contribution in [2.45, 2.75) is 13.5 Å². The summed E-state index contributed by atoms with van der Waals surface area (Å²) in [6.07, 6.45) is 3.33. The van der Waals surface area contributed by atoms with Crippen molar-refractivity contribution in [1.29, 1.82) is 0 Å². The van der Waals surface area contributed by atoms with Gasteiger partial charge in [0.05, 0.1) is 6.54 Å². The van der Waals surface area contributed by atoms with E-state index in [1.54, 1.807) is 12.4 Å². The van der Waals surface area contributed by atoms with E-state index < -0.39 is 0 Å². The summed E-state index contributed by atoms with van der Waals surface area (Å²) >= 11 is 0. The average Bonchev–Trinajstić information content (AvgIpc) is 2.26. The first-order valence-electron chi connectivity index (χ1n) is 4.58. The molecule has 1 aromatic rings. The van der Waals surface area contributed by atoms with Crippen LogP contribution in [0.2, 0.25) is 0 Å². The summed E-state index contributed by atoms with van der Waals surface area (Å²) in [6.45, 7) is 3.73. The maximum atomic E-state index is 5.25. The number of fused-ring (bicyclic) bond motifs is 1. The molecule has 14 heavy (non-hydrogen) atoms. The highest BCUT2D eigenvalue weighted by atomic mass is 16.5. The van der Waals surface area contributed by atoms with Crippen LogP contribution in [-0.4, -0.2) is 29.0 Å². The number of aromatic nitrogens is 2. The quantitative estimate of drug-likeness (QED) is 0.770. The molecular weight excluding hydrogens is 180 g/mol. The van der Waals surface area contributed by atoms with E-state index in [0.29, 0.717) is 19.8 Å². The second kappa shape index (κ2) is 4.15. The van der Waals surface area contributed by atoms with Crippen LogP contribution in [-0.2, 0) is 11.3 Å². The van der Waals surface area contributed by atoms with Crippen molar-refractivity contribution >= 4 is 11.7 Å². The third kappa shape index (κ3) is 1.88. The summed E-state index contributed by atoms with van der Waals surface area (Å²) in [6, 6.07) is 0. The van der Waals surface area contributed by atoms with E-state index in [1.807, 2.05) is 6.92 Å². The summed E-state index contributed by atoms with van der Waals surface area (Å²) in [7, 11) is 0. The molecule has 1 aliphatic heterocycles. The number of hydrogen-bond donors (Lipinski definition) is 1. The fourth-order valence-electron chi connectivity index (χ4n) is 1.21. The van der Waals surface area contributed by atoms with E-state index in [0.717, 1.165) is 17.3 Å². The largest absolute Gasteiger partial charge is 0.374 e. The zero-order valence-corrected chi connectivity index (χ0v) is 8.03. The Bertz CT molecular complexity index is 350. The SMILES string of the molecule is CCOCC1=NCc2nccnc2N1. The minimum atomic E-state index is 0.506. The number of amidine groups is 1. The Morgan fingerprint density at radius 2 is 2.29 bits per heavy atom. The van der Waals surface area contributed by atoms with Gasteiger partial charge in [-0.15, -0.1) is 0 Å². The van der Waals surface area contributed by atoms with Gasteiger partial charge in [-0.3, -0.25) is 9.98 Å². The third-order valence-corrected chi connectivity index (χ3v) is 1.90. The number of nitrogens with one attached hydrogen (secondary N) is 1. The number of hydrogen-bond acceptors (Lipinski definition) is 5. The molecule has 0 amide bonds. The fraction of sp³-hybridized carbons (Fsp3) is 0.444. The number of aliphatic imine (C=N–C) groups is 1. The van der Waals surface area contributed by atoms with Gasteiger partial charge in [0.1, 0.15) is 18.1 Å². The summed E-state index contributed by atoms with van der Waals surface area (Å²) < 4.78 is 5.25. The molecule has 0 unspecified atom stereocenters. The van der Waals surface area contributed by atoms with Gasteiger partial charge in [-0.1, -0.05) is 0 Å². The predicted octanol–water partition coefficient (Wildman–Crippen LogP) is 0.837. The van der Waals surface area contributed by atoms with Crippen molar-refractivity contribution in [3.8, 4) is 0 Å². The molecule has 5 heteroatoms. The van der Waals surface area contributed by atoms with Crippen LogP contribution in [0.4, 0.5) is 5.82 Å². The Labute approximate surface area is 82.2 Å². The smallest absolute Gasteiger partial charge is 0.155 e. The van der Waals surface area contributed by atoms with Gasteiger partial charge in [-0.05, 0) is 6.92 Å². The third-order valence-electron chi connectivity index (χ3n) is 1.90. The maximum absolute atomic E-state index is 5.25. The second-order valence-corrected chi connectivity index (χ2v) is 2.88. The Morgan fingerprint density at radius 1 is 1.43 bits per heavy atom. The molecule has 0 bridgehead atoms. The number of anilines is 1. The summed E-state index contributed by atoms with van der Waals surface area (Å²) in [5, 5.41) is 3.08. The van der Waals surface area contributed by atoms with Crippen LogP contribution in [0.15, 0.2) is 17.4 Å². The van der Waals surface area contributed by atoms with Gasteiger partial charge in [0.2, 0.25) is 0 Å². The van der Waals surface area contributed by atoms with Crippen LogP contribution >= 0.6 is 0 Å². The Hall–Kier alpha value is -1.49. The molecule has 1 N–H and O–H groups in total. The monoisotopic (exact) mass is 192 g/mol. The number of nitrogens with zero attached hydrogens (tertiary/aromatic N) is 3. The van der Waals surface area contributed by atoms with Crippen LogP contribution < -0.4 is 5.32 Å². The summed E-state index contributed by atoms with van der Waals surface area (Å²) in [5.41, 5.74) is 0.882. The van der Waals surface area contributed by atoms with Crippen LogP contribution in [0, 0.1) is 0 Å². The fourth-order valence-corrected chi connectivity index (χ4v) is 1.21. The summed E-state index contributed by atoms with van der Waals surface area (Å²) in [4.78, 5) is 12.6. The van der Waals surface area contributed by atoms with E-state index >= 15 is 0 Å².